The highest BCUT2D eigenvalue weighted by Gasteiger charge is 2.11. The Hall–Kier alpha value is -3.19. The summed E-state index contributed by atoms with van der Waals surface area (Å²) >= 11 is 1.49. The molecule has 1 aromatic heterocycles. The van der Waals surface area contributed by atoms with Crippen LogP contribution in [-0.4, -0.2) is 22.9 Å². The van der Waals surface area contributed by atoms with E-state index in [0.717, 1.165) is 10.6 Å². The lowest BCUT2D eigenvalue weighted by molar-refractivity contribution is -0.121. The van der Waals surface area contributed by atoms with Crippen LogP contribution in [-0.2, 0) is 11.2 Å². The van der Waals surface area contributed by atoms with E-state index in [1.54, 1.807) is 24.3 Å². The molecular weight excluding hydrogens is 386 g/mol. The van der Waals surface area contributed by atoms with Gasteiger partial charge in [-0.3, -0.25) is 20.4 Å². The number of aryl methyl sites for hydroxylation is 1. The maximum absolute atomic E-state index is 12.2. The summed E-state index contributed by atoms with van der Waals surface area (Å²) in [6.45, 7) is 5.90. The molecule has 1 heterocycles. The smallest absolute Gasteiger partial charge is 0.269 e. The van der Waals surface area contributed by atoms with Gasteiger partial charge in [-0.2, -0.15) is 0 Å². The van der Waals surface area contributed by atoms with Gasteiger partial charge in [0.15, 0.2) is 0 Å². The normalized spacial score (nSPS) is 10.6. The van der Waals surface area contributed by atoms with Gasteiger partial charge in [0.25, 0.3) is 5.91 Å². The molecule has 3 rings (SSSR count). The van der Waals surface area contributed by atoms with Gasteiger partial charge in [-0.1, -0.05) is 29.8 Å². The molecule has 7 heteroatoms. The molecule has 2 aromatic carbocycles. The van der Waals surface area contributed by atoms with Gasteiger partial charge in [-0.05, 0) is 45.0 Å². The number of rotatable bonds is 6. The quantitative estimate of drug-likeness (QED) is 0.605. The number of hydrazine groups is 1. The Bertz CT molecular complexity index is 979. The van der Waals surface area contributed by atoms with E-state index in [0.29, 0.717) is 17.0 Å². The van der Waals surface area contributed by atoms with Crippen molar-refractivity contribution >= 4 is 23.2 Å². The second-order valence-corrected chi connectivity index (χ2v) is 7.74. The zero-order valence-electron chi connectivity index (χ0n) is 16.6. The lowest BCUT2D eigenvalue weighted by Crippen LogP contribution is -2.42. The minimum absolute atomic E-state index is 0.0613. The Balaban J connectivity index is 1.51. The SMILES string of the molecule is Cc1ccc(-c2nc(CC(=O)NNC(=O)c3ccc(OC(C)C)cc3)cs2)cc1. The standard InChI is InChI=1S/C22H23N3O3S/c1-14(2)28-19-10-8-16(9-11-19)21(27)25-24-20(26)12-18-13-29-22(23-18)17-6-4-15(3)5-7-17/h4-11,13-14H,12H2,1-3H3,(H,24,26)(H,25,27). The van der Waals surface area contributed by atoms with Crippen molar-refractivity contribution in [2.45, 2.75) is 33.3 Å². The predicted octanol–water partition coefficient (Wildman–Crippen LogP) is 3.91. The maximum atomic E-state index is 12.2. The van der Waals surface area contributed by atoms with E-state index in [4.69, 9.17) is 4.74 Å². The minimum atomic E-state index is -0.395. The summed E-state index contributed by atoms with van der Waals surface area (Å²) in [5.74, 6) is -0.0413. The number of hydrogen-bond donors (Lipinski definition) is 2. The van der Waals surface area contributed by atoms with Gasteiger partial charge >= 0.3 is 0 Å². The van der Waals surface area contributed by atoms with E-state index < -0.39 is 5.91 Å². The van der Waals surface area contributed by atoms with Gasteiger partial charge in [0.05, 0.1) is 18.2 Å². The third-order valence-electron chi connectivity index (χ3n) is 4.00. The van der Waals surface area contributed by atoms with Crippen LogP contribution in [0.5, 0.6) is 5.75 Å². The van der Waals surface area contributed by atoms with Gasteiger partial charge in [0, 0.05) is 16.5 Å². The number of carbonyl (C=O) groups is 2. The van der Waals surface area contributed by atoms with E-state index >= 15 is 0 Å². The highest BCUT2D eigenvalue weighted by molar-refractivity contribution is 7.13. The Morgan fingerprint density at radius 3 is 2.38 bits per heavy atom. The molecule has 150 valence electrons. The summed E-state index contributed by atoms with van der Waals surface area (Å²) in [6.07, 6.45) is 0.148. The molecule has 3 aromatic rings. The summed E-state index contributed by atoms with van der Waals surface area (Å²) in [7, 11) is 0. The predicted molar refractivity (Wildman–Crippen MR) is 114 cm³/mol. The first kappa shape index (κ1) is 20.5. The van der Waals surface area contributed by atoms with Crippen molar-refractivity contribution in [1.29, 1.82) is 0 Å². The van der Waals surface area contributed by atoms with E-state index in [1.807, 2.05) is 50.4 Å². The Morgan fingerprint density at radius 2 is 1.72 bits per heavy atom. The molecule has 0 bridgehead atoms. The van der Waals surface area contributed by atoms with Crippen LogP contribution < -0.4 is 15.6 Å². The number of ether oxygens (including phenoxy) is 1. The average Bonchev–Trinajstić information content (AvgIpc) is 3.15. The van der Waals surface area contributed by atoms with Crippen LogP contribution in [0.15, 0.2) is 53.9 Å². The summed E-state index contributed by atoms with van der Waals surface area (Å²) in [4.78, 5) is 28.8. The minimum Gasteiger partial charge on any atom is -0.491 e. The summed E-state index contributed by atoms with van der Waals surface area (Å²) in [6, 6.07) is 14.8. The molecule has 0 aliphatic heterocycles. The fourth-order valence-electron chi connectivity index (χ4n) is 2.58. The largest absolute Gasteiger partial charge is 0.491 e. The fraction of sp³-hybridized carbons (Fsp3) is 0.227. The van der Waals surface area contributed by atoms with E-state index in [-0.39, 0.29) is 18.4 Å². The first-order valence-corrected chi connectivity index (χ1v) is 10.2. The molecule has 0 atom stereocenters. The highest BCUT2D eigenvalue weighted by atomic mass is 32.1. The molecule has 0 aliphatic carbocycles. The second kappa shape index (κ2) is 9.34. The molecule has 0 unspecified atom stereocenters. The summed E-state index contributed by atoms with van der Waals surface area (Å²) in [5.41, 5.74) is 8.14. The Morgan fingerprint density at radius 1 is 1.03 bits per heavy atom. The Labute approximate surface area is 173 Å². The van der Waals surface area contributed by atoms with Crippen LogP contribution in [0.3, 0.4) is 0 Å². The van der Waals surface area contributed by atoms with Gasteiger partial charge in [0.2, 0.25) is 5.91 Å². The van der Waals surface area contributed by atoms with Crippen molar-refractivity contribution < 1.29 is 14.3 Å². The number of benzene rings is 2. The zero-order chi connectivity index (χ0) is 20.8. The molecule has 0 fully saturated rings. The number of thiazole rings is 1. The monoisotopic (exact) mass is 409 g/mol. The maximum Gasteiger partial charge on any atom is 0.269 e. The first-order chi connectivity index (χ1) is 13.9. The van der Waals surface area contributed by atoms with Crippen LogP contribution in [0, 0.1) is 6.92 Å². The average molecular weight is 410 g/mol. The molecule has 0 aliphatic rings. The van der Waals surface area contributed by atoms with Crippen molar-refractivity contribution in [1.82, 2.24) is 15.8 Å². The third kappa shape index (κ3) is 5.89. The van der Waals surface area contributed by atoms with E-state index in [9.17, 15) is 9.59 Å². The number of aromatic nitrogens is 1. The van der Waals surface area contributed by atoms with Crippen molar-refractivity contribution in [2.75, 3.05) is 0 Å². The van der Waals surface area contributed by atoms with Crippen LogP contribution in [0.1, 0.15) is 35.5 Å². The topological polar surface area (TPSA) is 80.3 Å². The van der Waals surface area contributed by atoms with Crippen LogP contribution in [0.2, 0.25) is 0 Å². The first-order valence-electron chi connectivity index (χ1n) is 9.28. The van der Waals surface area contributed by atoms with Crippen LogP contribution >= 0.6 is 11.3 Å². The van der Waals surface area contributed by atoms with Gasteiger partial charge in [-0.25, -0.2) is 4.98 Å². The molecular formula is C22H23N3O3S. The lowest BCUT2D eigenvalue weighted by Gasteiger charge is -2.10. The zero-order valence-corrected chi connectivity index (χ0v) is 17.4. The van der Waals surface area contributed by atoms with Gasteiger partial charge in [0.1, 0.15) is 10.8 Å². The van der Waals surface area contributed by atoms with Crippen molar-refractivity contribution in [3.8, 4) is 16.3 Å². The summed E-state index contributed by atoms with van der Waals surface area (Å²) in [5, 5.41) is 2.71. The molecule has 0 radical (unpaired) electrons. The molecule has 2 N–H and O–H groups in total. The molecule has 0 spiro atoms. The second-order valence-electron chi connectivity index (χ2n) is 6.88. The fourth-order valence-corrected chi connectivity index (χ4v) is 3.41. The van der Waals surface area contributed by atoms with Crippen LogP contribution in [0.25, 0.3) is 10.6 Å². The summed E-state index contributed by atoms with van der Waals surface area (Å²) < 4.78 is 5.55. The number of nitrogens with zero attached hydrogens (tertiary/aromatic N) is 1. The van der Waals surface area contributed by atoms with Crippen molar-refractivity contribution in [2.24, 2.45) is 0 Å². The van der Waals surface area contributed by atoms with E-state index in [2.05, 4.69) is 15.8 Å². The number of nitrogens with one attached hydrogen (secondary N) is 2. The lowest BCUT2D eigenvalue weighted by atomic mass is 10.2. The molecule has 0 saturated carbocycles. The molecule has 6 nitrogen and oxygen atoms in total. The van der Waals surface area contributed by atoms with Crippen molar-refractivity contribution in [3.05, 3.63) is 70.7 Å². The molecule has 29 heavy (non-hydrogen) atoms. The molecule has 0 saturated heterocycles. The van der Waals surface area contributed by atoms with Crippen molar-refractivity contribution in [3.63, 3.8) is 0 Å². The van der Waals surface area contributed by atoms with Crippen LogP contribution in [0.4, 0.5) is 0 Å². The van der Waals surface area contributed by atoms with Gasteiger partial charge < -0.3 is 4.74 Å². The van der Waals surface area contributed by atoms with Gasteiger partial charge in [-0.15, -0.1) is 11.3 Å². The van der Waals surface area contributed by atoms with E-state index in [1.165, 1.54) is 16.9 Å². The number of amides is 2. The highest BCUT2D eigenvalue weighted by Crippen LogP contribution is 2.24. The number of carbonyl (C=O) groups excluding carboxylic acids is 2. The Kier molecular flexibility index (Phi) is 6.61. The third-order valence-corrected chi connectivity index (χ3v) is 4.94. The number of hydrogen-bond acceptors (Lipinski definition) is 5. The molecule has 2 amide bonds.